The quantitative estimate of drug-likeness (QED) is 0.354. The van der Waals surface area contributed by atoms with E-state index in [1.165, 1.54) is 0 Å². The molecule has 0 aliphatic rings. The Balaban J connectivity index is 1.80. The Morgan fingerprint density at radius 2 is 1.78 bits per heavy atom. The van der Waals surface area contributed by atoms with Crippen molar-refractivity contribution < 1.29 is 5.11 Å². The van der Waals surface area contributed by atoms with E-state index in [0.29, 0.717) is 21.9 Å². The molecule has 0 aliphatic carbocycles. The van der Waals surface area contributed by atoms with Crippen LogP contribution in [-0.2, 0) is 0 Å². The highest BCUT2D eigenvalue weighted by atomic mass is 32.1. The summed E-state index contributed by atoms with van der Waals surface area (Å²) in [5, 5.41) is 20.2. The van der Waals surface area contributed by atoms with Crippen LogP contribution in [0.3, 0.4) is 0 Å². The van der Waals surface area contributed by atoms with Crippen molar-refractivity contribution in [2.24, 2.45) is 10.2 Å². The van der Waals surface area contributed by atoms with Crippen LogP contribution in [0.4, 0.5) is 11.6 Å². The molecule has 1 aromatic heterocycles. The molecule has 4 rings (SSSR count). The van der Waals surface area contributed by atoms with Crippen molar-refractivity contribution in [1.29, 1.82) is 0 Å². The third-order valence-corrected chi connectivity index (χ3v) is 3.94. The molecule has 0 saturated carbocycles. The van der Waals surface area contributed by atoms with Crippen LogP contribution in [-0.4, -0.2) is 15.1 Å². The predicted octanol–water partition coefficient (Wildman–Crippen LogP) is 5.13. The average molecular weight is 320 g/mol. The minimum Gasteiger partial charge on any atom is -0.505 e. The maximum atomic E-state index is 10.4. The molecule has 6 heteroatoms. The van der Waals surface area contributed by atoms with E-state index in [-0.39, 0.29) is 5.75 Å². The van der Waals surface area contributed by atoms with Crippen molar-refractivity contribution in [3.8, 4) is 5.75 Å². The number of aromatic hydroxyl groups is 1. The Kier molecular flexibility index (Phi) is 3.24. The summed E-state index contributed by atoms with van der Waals surface area (Å²) < 4.78 is 0. The number of H-pyrrole nitrogens is 1. The molecule has 0 radical (unpaired) electrons. The highest BCUT2D eigenvalue weighted by Crippen LogP contribution is 2.40. The molecule has 4 aromatic rings. The summed E-state index contributed by atoms with van der Waals surface area (Å²) in [5.74, 6) is 0.444. The Morgan fingerprint density at radius 1 is 1.00 bits per heavy atom. The molecule has 1 heterocycles. The third-order valence-electron chi connectivity index (χ3n) is 3.60. The van der Waals surface area contributed by atoms with E-state index < -0.39 is 0 Å². The number of phenolic OH excluding ortho intramolecular Hbond substituents is 1. The first-order valence-electron chi connectivity index (χ1n) is 7.02. The molecule has 0 unspecified atom stereocenters. The molecule has 0 bridgehead atoms. The van der Waals surface area contributed by atoms with Crippen LogP contribution in [0, 0.1) is 0 Å². The Labute approximate surface area is 137 Å². The van der Waals surface area contributed by atoms with E-state index in [1.807, 2.05) is 54.6 Å². The van der Waals surface area contributed by atoms with Gasteiger partial charge in [0.1, 0.15) is 5.69 Å². The van der Waals surface area contributed by atoms with Gasteiger partial charge in [-0.1, -0.05) is 36.4 Å². The number of hydrogen-bond acceptors (Lipinski definition) is 5. The molecular weight excluding hydrogens is 308 g/mol. The maximum Gasteiger partial charge on any atom is 0.247 e. The van der Waals surface area contributed by atoms with Crippen molar-refractivity contribution in [3.05, 3.63) is 54.6 Å². The number of fused-ring (bicyclic) bond motifs is 2. The van der Waals surface area contributed by atoms with Gasteiger partial charge in [0, 0.05) is 10.3 Å². The van der Waals surface area contributed by atoms with Gasteiger partial charge in [0.05, 0.1) is 11.0 Å². The normalized spacial score (nSPS) is 11.7. The van der Waals surface area contributed by atoms with Gasteiger partial charge in [0.15, 0.2) is 5.75 Å². The maximum absolute atomic E-state index is 10.4. The molecular formula is C17H12N4OS. The summed E-state index contributed by atoms with van der Waals surface area (Å²) >= 11 is 4.40. The van der Waals surface area contributed by atoms with Gasteiger partial charge in [0.2, 0.25) is 5.95 Å². The van der Waals surface area contributed by atoms with Gasteiger partial charge in [0.25, 0.3) is 0 Å². The minimum absolute atomic E-state index is 0.0629. The molecule has 0 saturated heterocycles. The molecule has 112 valence electrons. The van der Waals surface area contributed by atoms with E-state index in [2.05, 4.69) is 32.8 Å². The van der Waals surface area contributed by atoms with Crippen LogP contribution in [0.1, 0.15) is 0 Å². The number of benzene rings is 3. The lowest BCUT2D eigenvalue weighted by molar-refractivity contribution is 0.481. The second-order valence-electron chi connectivity index (χ2n) is 5.09. The Bertz CT molecular complexity index is 1020. The molecule has 23 heavy (non-hydrogen) atoms. The lowest BCUT2D eigenvalue weighted by Gasteiger charge is -2.06. The van der Waals surface area contributed by atoms with E-state index in [9.17, 15) is 5.11 Å². The summed E-state index contributed by atoms with van der Waals surface area (Å²) in [7, 11) is 0. The molecule has 0 spiro atoms. The van der Waals surface area contributed by atoms with Gasteiger partial charge in [-0.15, -0.1) is 22.9 Å². The van der Waals surface area contributed by atoms with Crippen LogP contribution in [0.5, 0.6) is 5.75 Å². The molecule has 0 fully saturated rings. The smallest absolute Gasteiger partial charge is 0.247 e. The van der Waals surface area contributed by atoms with Gasteiger partial charge in [-0.05, 0) is 23.6 Å². The highest BCUT2D eigenvalue weighted by molar-refractivity contribution is 7.80. The second-order valence-corrected chi connectivity index (χ2v) is 5.57. The number of aromatic amines is 1. The molecule has 5 nitrogen and oxygen atoms in total. The van der Waals surface area contributed by atoms with Crippen molar-refractivity contribution in [1.82, 2.24) is 9.97 Å². The second kappa shape index (κ2) is 5.40. The lowest BCUT2D eigenvalue weighted by Crippen LogP contribution is -1.78. The van der Waals surface area contributed by atoms with Crippen LogP contribution in [0.2, 0.25) is 0 Å². The van der Waals surface area contributed by atoms with Gasteiger partial charge in [-0.2, -0.15) is 0 Å². The van der Waals surface area contributed by atoms with Crippen molar-refractivity contribution >= 4 is 46.1 Å². The largest absolute Gasteiger partial charge is 0.505 e. The number of azo groups is 1. The molecule has 2 N–H and O–H groups in total. The summed E-state index contributed by atoms with van der Waals surface area (Å²) in [6.07, 6.45) is 0. The zero-order valence-corrected chi connectivity index (χ0v) is 12.8. The first kappa shape index (κ1) is 13.8. The number of aromatic nitrogens is 2. The number of hydrogen-bond donors (Lipinski definition) is 3. The van der Waals surface area contributed by atoms with E-state index in [4.69, 9.17) is 0 Å². The van der Waals surface area contributed by atoms with Gasteiger partial charge in [-0.3, -0.25) is 0 Å². The van der Waals surface area contributed by atoms with Crippen LogP contribution < -0.4 is 0 Å². The number of nitrogens with zero attached hydrogens (tertiary/aromatic N) is 3. The topological polar surface area (TPSA) is 73.6 Å². The zero-order chi connectivity index (χ0) is 15.8. The van der Waals surface area contributed by atoms with Crippen LogP contribution in [0.15, 0.2) is 69.7 Å². The standard InChI is InChI=1S/C17H12N4OS/c22-16-11-6-2-1-5-10(11)9-14(23)15(16)20-21-17-18-12-7-3-4-8-13(12)19-17/h1-9,22-23H,(H,18,19). The SMILES string of the molecule is Oc1c(N=Nc2nc3ccccc3[nH]2)c(S)cc2ccccc12. The first-order valence-corrected chi connectivity index (χ1v) is 7.47. The van der Waals surface area contributed by atoms with E-state index in [0.717, 1.165) is 16.4 Å². The summed E-state index contributed by atoms with van der Waals surface area (Å²) in [6.45, 7) is 0. The van der Waals surface area contributed by atoms with E-state index in [1.54, 1.807) is 0 Å². The van der Waals surface area contributed by atoms with Crippen molar-refractivity contribution in [3.63, 3.8) is 0 Å². The number of phenols is 1. The predicted molar refractivity (Wildman–Crippen MR) is 93.1 cm³/mol. The van der Waals surface area contributed by atoms with Crippen molar-refractivity contribution in [2.45, 2.75) is 4.90 Å². The van der Waals surface area contributed by atoms with Crippen LogP contribution in [0.25, 0.3) is 21.8 Å². The molecule has 3 aromatic carbocycles. The molecule has 0 aliphatic heterocycles. The van der Waals surface area contributed by atoms with Gasteiger partial charge >= 0.3 is 0 Å². The minimum atomic E-state index is 0.0629. The Hall–Kier alpha value is -2.86. The zero-order valence-electron chi connectivity index (χ0n) is 11.9. The third kappa shape index (κ3) is 2.43. The number of thiol groups is 1. The summed E-state index contributed by atoms with van der Waals surface area (Å²) in [4.78, 5) is 7.95. The lowest BCUT2D eigenvalue weighted by atomic mass is 10.1. The fourth-order valence-electron chi connectivity index (χ4n) is 2.49. The summed E-state index contributed by atoms with van der Waals surface area (Å²) in [6, 6.07) is 17.0. The fraction of sp³-hybridized carbons (Fsp3) is 0. The molecule has 0 amide bonds. The van der Waals surface area contributed by atoms with Gasteiger partial charge in [-0.25, -0.2) is 4.98 Å². The first-order chi connectivity index (χ1) is 11.2. The Morgan fingerprint density at radius 3 is 2.65 bits per heavy atom. The fourth-order valence-corrected chi connectivity index (χ4v) is 2.78. The number of nitrogens with one attached hydrogen (secondary N) is 1. The number of imidazole rings is 1. The number of para-hydroxylation sites is 2. The monoisotopic (exact) mass is 320 g/mol. The van der Waals surface area contributed by atoms with Crippen LogP contribution >= 0.6 is 12.6 Å². The number of rotatable bonds is 2. The van der Waals surface area contributed by atoms with E-state index >= 15 is 0 Å². The summed E-state index contributed by atoms with van der Waals surface area (Å²) in [5.41, 5.74) is 2.03. The average Bonchev–Trinajstić information content (AvgIpc) is 2.97. The van der Waals surface area contributed by atoms with Gasteiger partial charge < -0.3 is 10.1 Å². The van der Waals surface area contributed by atoms with Crippen molar-refractivity contribution in [2.75, 3.05) is 0 Å². The highest BCUT2D eigenvalue weighted by Gasteiger charge is 2.10. The molecule has 0 atom stereocenters.